The zero-order valence-corrected chi connectivity index (χ0v) is 9.89. The van der Waals surface area contributed by atoms with Crippen LogP contribution in [0.5, 0.6) is 0 Å². The fourth-order valence-electron chi connectivity index (χ4n) is 0.562. The van der Waals surface area contributed by atoms with Crippen LogP contribution < -0.4 is 0 Å². The first-order valence-electron chi connectivity index (χ1n) is 3.41. The van der Waals surface area contributed by atoms with Crippen molar-refractivity contribution >= 4 is 47.1 Å². The van der Waals surface area contributed by atoms with Crippen molar-refractivity contribution in [2.24, 2.45) is 0 Å². The largest absolute Gasteiger partial charge is 0.673 e. The fourth-order valence-corrected chi connectivity index (χ4v) is 1.54. The number of nitrogens with zero attached hydrogens (tertiary/aromatic N) is 2. The molecule has 0 aliphatic rings. The minimum absolute atomic E-state index is 0.546. The zero-order chi connectivity index (χ0) is 12.1. The molecule has 0 aliphatic carbocycles. The SMILES string of the molecule is F[B-](F)(F)F.N#[N+]c1ccc(Cl)cc1I. The molecule has 1 rings (SSSR count). The van der Waals surface area contributed by atoms with Gasteiger partial charge in [0.2, 0.25) is 5.39 Å². The van der Waals surface area contributed by atoms with Crippen molar-refractivity contribution in [3.63, 3.8) is 0 Å². The Labute approximate surface area is 101 Å². The number of hydrogen-bond acceptors (Lipinski definition) is 1. The third-order valence-electron chi connectivity index (χ3n) is 1.02. The third kappa shape index (κ3) is 8.44. The highest BCUT2D eigenvalue weighted by molar-refractivity contribution is 14.1. The highest BCUT2D eigenvalue weighted by Crippen LogP contribution is 2.24. The van der Waals surface area contributed by atoms with Crippen molar-refractivity contribution in [2.45, 2.75) is 0 Å². The van der Waals surface area contributed by atoms with E-state index in [1.807, 2.05) is 22.6 Å². The second-order valence-electron chi connectivity index (χ2n) is 2.19. The van der Waals surface area contributed by atoms with E-state index in [0.29, 0.717) is 10.7 Å². The van der Waals surface area contributed by atoms with Crippen molar-refractivity contribution in [3.8, 4) is 0 Å². The van der Waals surface area contributed by atoms with Crippen LogP contribution in [-0.2, 0) is 0 Å². The van der Waals surface area contributed by atoms with Gasteiger partial charge in [-0.1, -0.05) is 11.6 Å². The van der Waals surface area contributed by atoms with Gasteiger partial charge in [-0.25, -0.2) is 0 Å². The van der Waals surface area contributed by atoms with Crippen LogP contribution in [0.4, 0.5) is 23.0 Å². The van der Waals surface area contributed by atoms with Gasteiger partial charge < -0.3 is 17.3 Å². The van der Waals surface area contributed by atoms with Crippen molar-refractivity contribution in [2.75, 3.05) is 0 Å². The number of rotatable bonds is 0. The first-order valence-corrected chi connectivity index (χ1v) is 4.87. The van der Waals surface area contributed by atoms with Crippen LogP contribution in [0.25, 0.3) is 4.98 Å². The van der Waals surface area contributed by atoms with Crippen molar-refractivity contribution in [1.29, 1.82) is 5.39 Å². The lowest BCUT2D eigenvalue weighted by molar-refractivity contribution is 0.368. The Balaban J connectivity index is 0.000000336. The van der Waals surface area contributed by atoms with Gasteiger partial charge in [0.05, 0.1) is 0 Å². The molecule has 0 fully saturated rings. The van der Waals surface area contributed by atoms with Gasteiger partial charge in [-0.15, -0.1) is 0 Å². The summed E-state index contributed by atoms with van der Waals surface area (Å²) in [6.07, 6.45) is 0. The first-order chi connectivity index (χ1) is 6.74. The smallest absolute Gasteiger partial charge is 0.418 e. The van der Waals surface area contributed by atoms with Gasteiger partial charge in [0, 0.05) is 11.1 Å². The van der Waals surface area contributed by atoms with E-state index in [4.69, 9.17) is 17.0 Å². The number of halogens is 6. The maximum Gasteiger partial charge on any atom is 0.673 e. The predicted molar refractivity (Wildman–Crippen MR) is 59.1 cm³/mol. The van der Waals surface area contributed by atoms with Crippen molar-refractivity contribution in [3.05, 3.63) is 31.8 Å². The second-order valence-corrected chi connectivity index (χ2v) is 3.79. The van der Waals surface area contributed by atoms with Crippen LogP contribution in [0, 0.1) is 8.96 Å². The van der Waals surface area contributed by atoms with Gasteiger partial charge in [0.25, 0.3) is 0 Å². The molecule has 0 spiro atoms. The molecular weight excluding hydrogens is 349 g/mol. The van der Waals surface area contributed by atoms with Gasteiger partial charge >= 0.3 is 12.9 Å². The van der Waals surface area contributed by atoms with Gasteiger partial charge in [0.15, 0.2) is 4.98 Å². The normalized spacial score (nSPS) is 9.93. The van der Waals surface area contributed by atoms with E-state index in [1.165, 1.54) is 0 Å². The molecule has 0 atom stereocenters. The summed E-state index contributed by atoms with van der Waals surface area (Å²) in [7, 11) is -6.00. The molecule has 9 heteroatoms. The molecule has 0 N–H and O–H groups in total. The summed E-state index contributed by atoms with van der Waals surface area (Å²) in [4.78, 5) is 3.05. The third-order valence-corrected chi connectivity index (χ3v) is 2.12. The van der Waals surface area contributed by atoms with Crippen molar-refractivity contribution in [1.82, 2.24) is 0 Å². The summed E-state index contributed by atoms with van der Waals surface area (Å²) in [5.41, 5.74) is 0.546. The van der Waals surface area contributed by atoms with Crippen LogP contribution in [0.3, 0.4) is 0 Å². The lowest BCUT2D eigenvalue weighted by Gasteiger charge is -1.94. The second kappa shape index (κ2) is 6.12. The maximum atomic E-state index is 9.75. The lowest BCUT2D eigenvalue weighted by Crippen LogP contribution is -2.02. The Morgan fingerprint density at radius 2 is 1.73 bits per heavy atom. The summed E-state index contributed by atoms with van der Waals surface area (Å²) >= 11 is 7.69. The summed E-state index contributed by atoms with van der Waals surface area (Å²) in [5, 5.41) is 9.04. The van der Waals surface area contributed by atoms with E-state index in [2.05, 4.69) is 4.98 Å². The molecule has 2 nitrogen and oxygen atoms in total. The summed E-state index contributed by atoms with van der Waals surface area (Å²) in [6.45, 7) is 0. The number of benzene rings is 1. The van der Waals surface area contributed by atoms with Crippen LogP contribution in [0.1, 0.15) is 0 Å². The van der Waals surface area contributed by atoms with Crippen LogP contribution in [0.15, 0.2) is 18.2 Å². The monoisotopic (exact) mass is 352 g/mol. The van der Waals surface area contributed by atoms with E-state index >= 15 is 0 Å². The summed E-state index contributed by atoms with van der Waals surface area (Å²) in [5.74, 6) is 0. The predicted octanol–water partition coefficient (Wildman–Crippen LogP) is 4.73. The number of diazo groups is 1. The average molecular weight is 352 g/mol. The van der Waals surface area contributed by atoms with Gasteiger partial charge in [-0.3, -0.25) is 0 Å². The van der Waals surface area contributed by atoms with E-state index in [1.54, 1.807) is 18.2 Å². The Hall–Kier alpha value is -0.555. The van der Waals surface area contributed by atoms with Gasteiger partial charge in [-0.05, 0) is 34.7 Å². The number of hydrogen-bond donors (Lipinski definition) is 0. The summed E-state index contributed by atoms with van der Waals surface area (Å²) < 4.78 is 39.8. The van der Waals surface area contributed by atoms with Crippen LogP contribution in [-0.4, -0.2) is 7.25 Å². The van der Waals surface area contributed by atoms with Gasteiger partial charge in [0.1, 0.15) is 3.57 Å². The Morgan fingerprint density at radius 3 is 2.07 bits per heavy atom. The highest BCUT2D eigenvalue weighted by Gasteiger charge is 2.20. The minimum atomic E-state index is -6.00. The molecule has 0 saturated carbocycles. The molecule has 0 saturated heterocycles. The summed E-state index contributed by atoms with van der Waals surface area (Å²) in [6, 6.07) is 5.07. The molecule has 0 radical (unpaired) electrons. The quantitative estimate of drug-likeness (QED) is 0.287. The Kier molecular flexibility index (Phi) is 5.89. The maximum absolute atomic E-state index is 9.75. The molecule has 0 amide bonds. The molecule has 1 aromatic carbocycles. The van der Waals surface area contributed by atoms with Gasteiger partial charge in [-0.2, -0.15) is 0 Å². The molecule has 0 aliphatic heterocycles. The van der Waals surface area contributed by atoms with E-state index < -0.39 is 7.25 Å². The van der Waals surface area contributed by atoms with Crippen molar-refractivity contribution < 1.29 is 17.3 Å². The minimum Gasteiger partial charge on any atom is -0.418 e. The molecule has 0 bridgehead atoms. The Morgan fingerprint density at radius 1 is 1.27 bits per heavy atom. The average Bonchev–Trinajstić information content (AvgIpc) is 2.01. The molecule has 1 aromatic rings. The first kappa shape index (κ1) is 14.4. The van der Waals surface area contributed by atoms with E-state index in [0.717, 1.165) is 3.57 Å². The topological polar surface area (TPSA) is 28.1 Å². The molecule has 0 heterocycles. The van der Waals surface area contributed by atoms with E-state index in [9.17, 15) is 17.3 Å². The zero-order valence-electron chi connectivity index (χ0n) is 6.97. The van der Waals surface area contributed by atoms with Crippen LogP contribution in [0.2, 0.25) is 5.02 Å². The molecule has 0 unspecified atom stereocenters. The van der Waals surface area contributed by atoms with Crippen LogP contribution >= 0.6 is 34.2 Å². The molecular formula is C6H3BClF4IN2. The lowest BCUT2D eigenvalue weighted by atomic mass is 10.3. The fraction of sp³-hybridized carbons (Fsp3) is 0. The standard InChI is InChI=1S/C6H3ClIN2.BF4/c7-4-1-2-6(10-9)5(8)3-4;2-1(3,4)5/h1-3H;/q+1;-1. The Bertz CT molecular complexity index is 372. The van der Waals surface area contributed by atoms with E-state index in [-0.39, 0.29) is 0 Å². The molecule has 15 heavy (non-hydrogen) atoms. The molecule has 82 valence electrons. The highest BCUT2D eigenvalue weighted by atomic mass is 127. The molecule has 0 aromatic heterocycles.